The second-order valence-corrected chi connectivity index (χ2v) is 4.42. The van der Waals surface area contributed by atoms with Gasteiger partial charge < -0.3 is 15.2 Å². The molecule has 0 aliphatic heterocycles. The van der Waals surface area contributed by atoms with E-state index in [0.717, 1.165) is 11.3 Å². The summed E-state index contributed by atoms with van der Waals surface area (Å²) in [5.41, 5.74) is 2.59. The second kappa shape index (κ2) is 6.56. The van der Waals surface area contributed by atoms with E-state index in [4.69, 9.17) is 5.11 Å². The first-order valence-corrected chi connectivity index (χ1v) is 6.34. The Hall–Kier alpha value is -2.82. The van der Waals surface area contributed by atoms with Crippen molar-refractivity contribution in [2.75, 3.05) is 12.4 Å². The first kappa shape index (κ1) is 14.6. The fourth-order valence-corrected chi connectivity index (χ4v) is 1.81. The van der Waals surface area contributed by atoms with Crippen LogP contribution in [0.25, 0.3) is 0 Å². The number of aromatic carboxylic acids is 1. The van der Waals surface area contributed by atoms with Crippen LogP contribution in [0.5, 0.6) is 0 Å². The van der Waals surface area contributed by atoms with Crippen LogP contribution in [0.1, 0.15) is 26.3 Å². The zero-order chi connectivity index (χ0) is 15.2. The number of benzene rings is 2. The molecule has 0 unspecified atom stereocenters. The second-order valence-electron chi connectivity index (χ2n) is 4.42. The van der Waals surface area contributed by atoms with Crippen LogP contribution in [0.2, 0.25) is 0 Å². The minimum Gasteiger partial charge on any atom is -0.478 e. The molecule has 0 saturated heterocycles. The normalized spacial score (nSPS) is 9.95. The molecule has 2 N–H and O–H groups in total. The van der Waals surface area contributed by atoms with Gasteiger partial charge in [0.25, 0.3) is 0 Å². The molecule has 2 aromatic rings. The number of hydrogen-bond acceptors (Lipinski definition) is 4. The topological polar surface area (TPSA) is 75.6 Å². The van der Waals surface area contributed by atoms with Crippen LogP contribution in [0.3, 0.4) is 0 Å². The number of esters is 1. The lowest BCUT2D eigenvalue weighted by atomic mass is 10.1. The molecule has 0 aliphatic rings. The lowest BCUT2D eigenvalue weighted by Gasteiger charge is -2.07. The van der Waals surface area contributed by atoms with Gasteiger partial charge in [-0.05, 0) is 42.0 Å². The van der Waals surface area contributed by atoms with Crippen molar-refractivity contribution in [1.29, 1.82) is 0 Å². The van der Waals surface area contributed by atoms with Crippen molar-refractivity contribution in [2.45, 2.75) is 6.54 Å². The molecule has 2 rings (SSSR count). The van der Waals surface area contributed by atoms with Gasteiger partial charge in [-0.2, -0.15) is 0 Å². The number of methoxy groups -OCH3 is 1. The molecule has 0 heterocycles. The molecule has 0 aliphatic carbocycles. The maximum atomic E-state index is 11.3. The predicted molar refractivity (Wildman–Crippen MR) is 78.5 cm³/mol. The lowest BCUT2D eigenvalue weighted by Crippen LogP contribution is -2.03. The molecule has 5 heteroatoms. The fraction of sp³-hybridized carbons (Fsp3) is 0.125. The Morgan fingerprint density at radius 2 is 1.57 bits per heavy atom. The van der Waals surface area contributed by atoms with E-state index >= 15 is 0 Å². The molecule has 0 atom stereocenters. The van der Waals surface area contributed by atoms with E-state index in [1.54, 1.807) is 36.4 Å². The van der Waals surface area contributed by atoms with Crippen molar-refractivity contribution in [1.82, 2.24) is 0 Å². The van der Waals surface area contributed by atoms with Crippen LogP contribution in [-0.4, -0.2) is 24.2 Å². The van der Waals surface area contributed by atoms with Crippen LogP contribution in [0.4, 0.5) is 5.69 Å². The number of carboxylic acids is 1. The fourth-order valence-electron chi connectivity index (χ4n) is 1.81. The smallest absolute Gasteiger partial charge is 0.337 e. The van der Waals surface area contributed by atoms with E-state index in [0.29, 0.717) is 12.1 Å². The summed E-state index contributed by atoms with van der Waals surface area (Å²) in [6.45, 7) is 0.577. The van der Waals surface area contributed by atoms with Crippen LogP contribution >= 0.6 is 0 Å². The third kappa shape index (κ3) is 3.82. The Morgan fingerprint density at radius 1 is 1.00 bits per heavy atom. The van der Waals surface area contributed by atoms with Crippen LogP contribution in [0, 0.1) is 0 Å². The van der Waals surface area contributed by atoms with E-state index in [1.165, 1.54) is 7.11 Å². The molecule has 0 aromatic heterocycles. The number of ether oxygens (including phenoxy) is 1. The number of hydrogen-bond donors (Lipinski definition) is 2. The molecular weight excluding hydrogens is 270 g/mol. The standard InChI is InChI=1S/C16H15NO4/c1-21-16(20)13-4-2-11(3-5-13)10-17-14-8-6-12(7-9-14)15(18)19/h2-9,17H,10H2,1H3,(H,18,19). The number of rotatable bonds is 5. The third-order valence-corrected chi connectivity index (χ3v) is 3.00. The highest BCUT2D eigenvalue weighted by molar-refractivity contribution is 5.89. The Balaban J connectivity index is 1.96. The molecule has 0 radical (unpaired) electrons. The Kier molecular flexibility index (Phi) is 4.56. The van der Waals surface area contributed by atoms with Gasteiger partial charge in [0.1, 0.15) is 0 Å². The Labute approximate surface area is 122 Å². The summed E-state index contributed by atoms with van der Waals surface area (Å²) >= 11 is 0. The predicted octanol–water partition coefficient (Wildman–Crippen LogP) is 2.78. The van der Waals surface area contributed by atoms with Crippen molar-refractivity contribution in [2.24, 2.45) is 0 Å². The van der Waals surface area contributed by atoms with Crippen molar-refractivity contribution in [3.63, 3.8) is 0 Å². The van der Waals surface area contributed by atoms with Gasteiger partial charge in [0.15, 0.2) is 0 Å². The van der Waals surface area contributed by atoms with E-state index in [1.807, 2.05) is 12.1 Å². The molecule has 0 amide bonds. The Bertz CT molecular complexity index is 632. The third-order valence-electron chi connectivity index (χ3n) is 3.00. The van der Waals surface area contributed by atoms with E-state index < -0.39 is 5.97 Å². The monoisotopic (exact) mass is 285 g/mol. The number of nitrogens with one attached hydrogen (secondary N) is 1. The van der Waals surface area contributed by atoms with Gasteiger partial charge in [-0.3, -0.25) is 0 Å². The SMILES string of the molecule is COC(=O)c1ccc(CNc2ccc(C(=O)O)cc2)cc1. The summed E-state index contributed by atoms with van der Waals surface area (Å²) in [5, 5.41) is 12.0. The van der Waals surface area contributed by atoms with E-state index in [2.05, 4.69) is 10.1 Å². The van der Waals surface area contributed by atoms with Gasteiger partial charge >= 0.3 is 11.9 Å². The number of carbonyl (C=O) groups excluding carboxylic acids is 1. The van der Waals surface area contributed by atoms with E-state index in [9.17, 15) is 9.59 Å². The molecule has 108 valence electrons. The molecule has 0 saturated carbocycles. The average Bonchev–Trinajstić information content (AvgIpc) is 2.53. The number of carbonyl (C=O) groups is 2. The summed E-state index contributed by atoms with van der Waals surface area (Å²) in [6.07, 6.45) is 0. The van der Waals surface area contributed by atoms with Crippen molar-refractivity contribution >= 4 is 17.6 Å². The van der Waals surface area contributed by atoms with Gasteiger partial charge in [-0.1, -0.05) is 12.1 Å². The van der Waals surface area contributed by atoms with Crippen LogP contribution in [-0.2, 0) is 11.3 Å². The van der Waals surface area contributed by atoms with Crippen LogP contribution < -0.4 is 5.32 Å². The highest BCUT2D eigenvalue weighted by atomic mass is 16.5. The summed E-state index contributed by atoms with van der Waals surface area (Å²) in [5.74, 6) is -1.31. The zero-order valence-electron chi connectivity index (χ0n) is 11.5. The molecular formula is C16H15NO4. The highest BCUT2D eigenvalue weighted by Crippen LogP contribution is 2.12. The summed E-state index contributed by atoms with van der Waals surface area (Å²) in [7, 11) is 1.35. The largest absolute Gasteiger partial charge is 0.478 e. The highest BCUT2D eigenvalue weighted by Gasteiger charge is 2.04. The summed E-state index contributed by atoms with van der Waals surface area (Å²) in [6, 6.07) is 13.6. The lowest BCUT2D eigenvalue weighted by molar-refractivity contribution is 0.0599. The van der Waals surface area contributed by atoms with Gasteiger partial charge in [0.05, 0.1) is 18.2 Å². The van der Waals surface area contributed by atoms with E-state index in [-0.39, 0.29) is 11.5 Å². The molecule has 2 aromatic carbocycles. The summed E-state index contributed by atoms with van der Waals surface area (Å²) in [4.78, 5) is 22.1. The van der Waals surface area contributed by atoms with Gasteiger partial charge in [-0.15, -0.1) is 0 Å². The minimum absolute atomic E-state index is 0.253. The minimum atomic E-state index is -0.944. The maximum absolute atomic E-state index is 11.3. The van der Waals surface area contributed by atoms with Crippen molar-refractivity contribution in [3.8, 4) is 0 Å². The van der Waals surface area contributed by atoms with Crippen molar-refractivity contribution < 1.29 is 19.4 Å². The summed E-state index contributed by atoms with van der Waals surface area (Å²) < 4.78 is 4.63. The molecule has 0 spiro atoms. The van der Waals surface area contributed by atoms with Crippen LogP contribution in [0.15, 0.2) is 48.5 Å². The zero-order valence-corrected chi connectivity index (χ0v) is 11.5. The molecule has 21 heavy (non-hydrogen) atoms. The maximum Gasteiger partial charge on any atom is 0.337 e. The first-order chi connectivity index (χ1) is 10.1. The van der Waals surface area contributed by atoms with Gasteiger partial charge in [-0.25, -0.2) is 9.59 Å². The molecule has 0 bridgehead atoms. The first-order valence-electron chi connectivity index (χ1n) is 6.34. The average molecular weight is 285 g/mol. The van der Waals surface area contributed by atoms with Crippen molar-refractivity contribution in [3.05, 3.63) is 65.2 Å². The molecule has 0 fully saturated rings. The van der Waals surface area contributed by atoms with Gasteiger partial charge in [0, 0.05) is 12.2 Å². The molecule has 5 nitrogen and oxygen atoms in total. The van der Waals surface area contributed by atoms with Gasteiger partial charge in [0.2, 0.25) is 0 Å². The number of anilines is 1. The Morgan fingerprint density at radius 3 is 2.10 bits per heavy atom. The quantitative estimate of drug-likeness (QED) is 0.826. The number of carboxylic acid groups (broad SMARTS) is 1.